The van der Waals surface area contributed by atoms with Crippen LogP contribution in [0.15, 0.2) is 30.6 Å². The lowest BCUT2D eigenvalue weighted by Gasteiger charge is -2.17. The number of nitrogens with one attached hydrogen (secondary N) is 1. The van der Waals surface area contributed by atoms with Crippen LogP contribution in [0.5, 0.6) is 5.75 Å². The van der Waals surface area contributed by atoms with E-state index >= 15 is 0 Å². The zero-order valence-electron chi connectivity index (χ0n) is 16.6. The highest BCUT2D eigenvalue weighted by Gasteiger charge is 2.24. The summed E-state index contributed by atoms with van der Waals surface area (Å²) in [5.74, 6) is 0.176. The predicted molar refractivity (Wildman–Crippen MR) is 109 cm³/mol. The molecular formula is C22H19FN6O. The van der Waals surface area contributed by atoms with Crippen molar-refractivity contribution >= 4 is 11.2 Å². The monoisotopic (exact) mass is 402 g/mol. The Labute approximate surface area is 172 Å². The van der Waals surface area contributed by atoms with Crippen molar-refractivity contribution in [3.8, 4) is 23.1 Å². The summed E-state index contributed by atoms with van der Waals surface area (Å²) in [6.45, 7) is 2.45. The lowest BCUT2D eigenvalue weighted by molar-refractivity contribution is 0.306. The van der Waals surface area contributed by atoms with Crippen LogP contribution in [0.4, 0.5) is 4.39 Å². The minimum atomic E-state index is -0.309. The van der Waals surface area contributed by atoms with E-state index in [1.54, 1.807) is 24.0 Å². The number of aromatic nitrogens is 5. The normalized spacial score (nSPS) is 16.0. The van der Waals surface area contributed by atoms with E-state index in [-0.39, 0.29) is 11.7 Å². The second-order valence-electron chi connectivity index (χ2n) is 7.46. The summed E-state index contributed by atoms with van der Waals surface area (Å²) in [6.07, 6.45) is 4.83. The molecule has 150 valence electrons. The Kier molecular flexibility index (Phi) is 4.24. The molecule has 3 aromatic heterocycles. The Balaban J connectivity index is 1.77. The Bertz CT molecular complexity index is 1320. The molecule has 0 radical (unpaired) electrons. The standard InChI is InChI=1S/C22H19FN6O/c1-12-14-8-13(23)5-6-19(14)30-7-3-4-16-20(18(9-24)29(2)28-16)17-11-26-22-21(27-17)15(12)10-25-22/h5-6,8,10-12H,3-4,7H2,1-2H3,(H,25,26)/t12-/m1/s1. The molecule has 0 spiro atoms. The van der Waals surface area contributed by atoms with Gasteiger partial charge in [-0.2, -0.15) is 10.4 Å². The van der Waals surface area contributed by atoms with Crippen molar-refractivity contribution < 1.29 is 9.13 Å². The molecule has 0 saturated carbocycles. The minimum Gasteiger partial charge on any atom is -0.493 e. The number of nitrogens with zero attached hydrogens (tertiary/aromatic N) is 5. The van der Waals surface area contributed by atoms with Gasteiger partial charge in [-0.05, 0) is 31.0 Å². The van der Waals surface area contributed by atoms with Crippen LogP contribution >= 0.6 is 0 Å². The Hall–Kier alpha value is -3.73. The van der Waals surface area contributed by atoms with Crippen molar-refractivity contribution in [3.05, 3.63) is 58.9 Å². The van der Waals surface area contributed by atoms with Crippen molar-refractivity contribution in [3.63, 3.8) is 0 Å². The second kappa shape index (κ2) is 6.95. The highest BCUT2D eigenvalue weighted by atomic mass is 19.1. The predicted octanol–water partition coefficient (Wildman–Crippen LogP) is 3.85. The van der Waals surface area contributed by atoms with E-state index in [4.69, 9.17) is 9.72 Å². The molecule has 0 aliphatic carbocycles. The zero-order valence-corrected chi connectivity index (χ0v) is 16.6. The molecule has 1 N–H and O–H groups in total. The van der Waals surface area contributed by atoms with Crippen molar-refractivity contribution in [2.75, 3.05) is 6.61 Å². The molecular weight excluding hydrogens is 383 g/mol. The van der Waals surface area contributed by atoms with Gasteiger partial charge in [0.15, 0.2) is 5.65 Å². The molecule has 2 bridgehead atoms. The molecule has 8 heteroatoms. The quantitative estimate of drug-likeness (QED) is 0.482. The van der Waals surface area contributed by atoms with Crippen LogP contribution < -0.4 is 4.74 Å². The fraction of sp³-hybridized carbons (Fsp3) is 0.273. The molecule has 0 saturated heterocycles. The number of hydrogen-bond acceptors (Lipinski definition) is 5. The van der Waals surface area contributed by atoms with Gasteiger partial charge in [-0.25, -0.2) is 14.4 Å². The maximum Gasteiger partial charge on any atom is 0.156 e. The summed E-state index contributed by atoms with van der Waals surface area (Å²) in [7, 11) is 1.76. The maximum absolute atomic E-state index is 14.1. The summed E-state index contributed by atoms with van der Waals surface area (Å²) in [5, 5.41) is 14.2. The lowest BCUT2D eigenvalue weighted by Crippen LogP contribution is -2.05. The van der Waals surface area contributed by atoms with Crippen LogP contribution in [0.25, 0.3) is 22.4 Å². The van der Waals surface area contributed by atoms with Crippen molar-refractivity contribution in [2.45, 2.75) is 25.7 Å². The first-order chi connectivity index (χ1) is 14.6. The Morgan fingerprint density at radius 3 is 3.03 bits per heavy atom. The molecule has 7 nitrogen and oxygen atoms in total. The summed E-state index contributed by atoms with van der Waals surface area (Å²) >= 11 is 0. The van der Waals surface area contributed by atoms with E-state index in [1.165, 1.54) is 12.1 Å². The van der Waals surface area contributed by atoms with Gasteiger partial charge in [0.1, 0.15) is 28.8 Å². The van der Waals surface area contributed by atoms with Crippen LogP contribution in [0.3, 0.4) is 0 Å². The third-order valence-corrected chi connectivity index (χ3v) is 5.61. The first kappa shape index (κ1) is 18.3. The van der Waals surface area contributed by atoms with E-state index in [1.807, 2.05) is 13.1 Å². The van der Waals surface area contributed by atoms with Gasteiger partial charge in [0.2, 0.25) is 0 Å². The average molecular weight is 402 g/mol. The number of nitriles is 1. The second-order valence-corrected chi connectivity index (χ2v) is 7.46. The Morgan fingerprint density at radius 2 is 2.20 bits per heavy atom. The lowest BCUT2D eigenvalue weighted by atomic mass is 9.93. The summed E-state index contributed by atoms with van der Waals surface area (Å²) in [5.41, 5.74) is 5.52. The van der Waals surface area contributed by atoms with Crippen LogP contribution in [0.1, 0.15) is 41.8 Å². The van der Waals surface area contributed by atoms with Gasteiger partial charge in [0.25, 0.3) is 0 Å². The van der Waals surface area contributed by atoms with E-state index in [9.17, 15) is 9.65 Å². The van der Waals surface area contributed by atoms with Gasteiger partial charge in [-0.3, -0.25) is 4.68 Å². The third-order valence-electron chi connectivity index (χ3n) is 5.61. The topological polar surface area (TPSA) is 92.4 Å². The first-order valence-corrected chi connectivity index (χ1v) is 9.79. The summed E-state index contributed by atoms with van der Waals surface area (Å²) in [6, 6.07) is 6.83. The van der Waals surface area contributed by atoms with Gasteiger partial charge in [-0.15, -0.1) is 0 Å². The number of benzene rings is 1. The van der Waals surface area contributed by atoms with E-state index in [0.717, 1.165) is 16.8 Å². The number of halogens is 1. The number of aromatic amines is 1. The molecule has 0 fully saturated rings. The molecule has 0 unspecified atom stereocenters. The van der Waals surface area contributed by atoms with E-state index < -0.39 is 0 Å². The molecule has 1 aromatic carbocycles. The largest absolute Gasteiger partial charge is 0.493 e. The molecule has 0 amide bonds. The van der Waals surface area contributed by atoms with Gasteiger partial charge in [-0.1, -0.05) is 6.92 Å². The van der Waals surface area contributed by atoms with Gasteiger partial charge in [0.05, 0.1) is 29.8 Å². The molecule has 30 heavy (non-hydrogen) atoms. The number of ether oxygens (including phenoxy) is 1. The smallest absolute Gasteiger partial charge is 0.156 e. The molecule has 4 aromatic rings. The zero-order chi connectivity index (χ0) is 20.8. The van der Waals surface area contributed by atoms with Crippen molar-refractivity contribution in [1.82, 2.24) is 24.7 Å². The van der Waals surface area contributed by atoms with Gasteiger partial charge < -0.3 is 9.72 Å². The highest BCUT2D eigenvalue weighted by molar-refractivity contribution is 5.80. The number of rotatable bonds is 0. The van der Waals surface area contributed by atoms with Gasteiger partial charge in [0, 0.05) is 30.3 Å². The van der Waals surface area contributed by atoms with E-state index in [0.29, 0.717) is 53.3 Å². The van der Waals surface area contributed by atoms with Crippen molar-refractivity contribution in [1.29, 1.82) is 5.26 Å². The van der Waals surface area contributed by atoms with Crippen LogP contribution in [-0.2, 0) is 13.5 Å². The average Bonchev–Trinajstić information content (AvgIpc) is 3.30. The van der Waals surface area contributed by atoms with E-state index in [2.05, 4.69) is 21.1 Å². The van der Waals surface area contributed by atoms with Crippen LogP contribution in [-0.4, -0.2) is 31.3 Å². The number of H-pyrrole nitrogens is 1. The molecule has 1 aliphatic heterocycles. The molecule has 1 atom stereocenters. The number of fused-ring (bicyclic) bond motifs is 4. The summed E-state index contributed by atoms with van der Waals surface area (Å²) in [4.78, 5) is 12.5. The molecule has 4 heterocycles. The van der Waals surface area contributed by atoms with Crippen LogP contribution in [0, 0.1) is 17.1 Å². The first-order valence-electron chi connectivity index (χ1n) is 9.79. The SMILES string of the molecule is C[C@@H]1c2cc(F)ccc2OCCCc2nn(C)c(C#N)c2-c2cnc3[nH]cc1c3n2. The highest BCUT2D eigenvalue weighted by Crippen LogP contribution is 2.36. The number of aryl methyl sites for hydroxylation is 2. The summed E-state index contributed by atoms with van der Waals surface area (Å²) < 4.78 is 21.7. The van der Waals surface area contributed by atoms with Crippen molar-refractivity contribution in [2.24, 2.45) is 7.05 Å². The fourth-order valence-electron chi connectivity index (χ4n) is 4.09. The number of hydrogen-bond donors (Lipinski definition) is 1. The third kappa shape index (κ3) is 2.82. The van der Waals surface area contributed by atoms with Gasteiger partial charge >= 0.3 is 0 Å². The Morgan fingerprint density at radius 1 is 1.33 bits per heavy atom. The molecule has 1 aliphatic rings. The maximum atomic E-state index is 14.1. The molecule has 5 rings (SSSR count). The minimum absolute atomic E-state index is 0.168. The van der Waals surface area contributed by atoms with Crippen LogP contribution in [0.2, 0.25) is 0 Å². The fourth-order valence-corrected chi connectivity index (χ4v) is 4.09.